The van der Waals surface area contributed by atoms with E-state index in [4.69, 9.17) is 4.74 Å². The molecular formula is C17H26FN3O2. The number of nitrogens with one attached hydrogen (secondary N) is 2. The Morgan fingerprint density at radius 2 is 2.30 bits per heavy atom. The standard InChI is InChI=1S/C17H26FN3O2/c1-19-16(20-8-5-14-3-2-4-15(18)11-14)21-12-17(6-9-22)7-10-23-13-17/h2-4,11,22H,5-10,12-13H2,1H3,(H2,19,20,21). The van der Waals surface area contributed by atoms with Crippen molar-refractivity contribution in [2.45, 2.75) is 19.3 Å². The van der Waals surface area contributed by atoms with Crippen molar-refractivity contribution < 1.29 is 14.2 Å². The lowest BCUT2D eigenvalue weighted by Gasteiger charge is -2.27. The van der Waals surface area contributed by atoms with Gasteiger partial charge in [-0.3, -0.25) is 4.99 Å². The first-order valence-electron chi connectivity index (χ1n) is 8.05. The van der Waals surface area contributed by atoms with Crippen molar-refractivity contribution in [3.05, 3.63) is 35.6 Å². The third-order valence-corrected chi connectivity index (χ3v) is 4.28. The third kappa shape index (κ3) is 5.48. The third-order valence-electron chi connectivity index (χ3n) is 4.28. The van der Waals surface area contributed by atoms with Crippen molar-refractivity contribution in [1.82, 2.24) is 10.6 Å². The van der Waals surface area contributed by atoms with Crippen LogP contribution in [0.2, 0.25) is 0 Å². The Kier molecular flexibility index (Phi) is 6.80. The number of hydrogen-bond acceptors (Lipinski definition) is 3. The van der Waals surface area contributed by atoms with Gasteiger partial charge in [0, 0.05) is 38.8 Å². The molecule has 1 aliphatic rings. The summed E-state index contributed by atoms with van der Waals surface area (Å²) in [7, 11) is 1.72. The largest absolute Gasteiger partial charge is 0.396 e. The monoisotopic (exact) mass is 323 g/mol. The van der Waals surface area contributed by atoms with Crippen LogP contribution in [0.4, 0.5) is 4.39 Å². The summed E-state index contributed by atoms with van der Waals surface area (Å²) in [4.78, 5) is 4.21. The van der Waals surface area contributed by atoms with Crippen LogP contribution in [0.3, 0.4) is 0 Å². The molecule has 23 heavy (non-hydrogen) atoms. The summed E-state index contributed by atoms with van der Waals surface area (Å²) >= 11 is 0. The molecule has 1 aliphatic heterocycles. The summed E-state index contributed by atoms with van der Waals surface area (Å²) < 4.78 is 18.6. The number of ether oxygens (including phenoxy) is 1. The van der Waals surface area contributed by atoms with Crippen LogP contribution in [0.15, 0.2) is 29.3 Å². The molecule has 0 spiro atoms. The minimum atomic E-state index is -0.211. The fourth-order valence-corrected chi connectivity index (χ4v) is 2.82. The van der Waals surface area contributed by atoms with E-state index >= 15 is 0 Å². The zero-order valence-corrected chi connectivity index (χ0v) is 13.6. The van der Waals surface area contributed by atoms with Crippen LogP contribution in [0.25, 0.3) is 0 Å². The lowest BCUT2D eigenvalue weighted by Crippen LogP contribution is -2.45. The van der Waals surface area contributed by atoms with Gasteiger partial charge < -0.3 is 20.5 Å². The normalized spacial score (nSPS) is 21.4. The molecule has 6 heteroatoms. The predicted molar refractivity (Wildman–Crippen MR) is 89.0 cm³/mol. The highest BCUT2D eigenvalue weighted by Gasteiger charge is 2.34. The Labute approximate surface area is 137 Å². The fourth-order valence-electron chi connectivity index (χ4n) is 2.82. The van der Waals surface area contributed by atoms with Crippen molar-refractivity contribution in [2.75, 3.05) is 40.0 Å². The maximum absolute atomic E-state index is 13.1. The molecule has 3 N–H and O–H groups in total. The first-order chi connectivity index (χ1) is 11.2. The van der Waals surface area contributed by atoms with E-state index in [0.717, 1.165) is 31.4 Å². The molecule has 1 unspecified atom stereocenters. The number of aliphatic hydroxyl groups is 1. The number of benzene rings is 1. The van der Waals surface area contributed by atoms with E-state index in [1.54, 1.807) is 19.2 Å². The summed E-state index contributed by atoms with van der Waals surface area (Å²) in [5, 5.41) is 15.8. The second-order valence-corrected chi connectivity index (χ2v) is 6.01. The van der Waals surface area contributed by atoms with Gasteiger partial charge in [0.1, 0.15) is 5.82 Å². The van der Waals surface area contributed by atoms with Crippen molar-refractivity contribution >= 4 is 5.96 Å². The van der Waals surface area contributed by atoms with Crippen LogP contribution in [-0.4, -0.2) is 51.0 Å². The average molecular weight is 323 g/mol. The van der Waals surface area contributed by atoms with Crippen LogP contribution >= 0.6 is 0 Å². The summed E-state index contributed by atoms with van der Waals surface area (Å²) in [6.07, 6.45) is 2.39. The lowest BCUT2D eigenvalue weighted by molar-refractivity contribution is 0.127. The molecule has 1 atom stereocenters. The van der Waals surface area contributed by atoms with Gasteiger partial charge in [-0.25, -0.2) is 4.39 Å². The zero-order valence-electron chi connectivity index (χ0n) is 13.6. The topological polar surface area (TPSA) is 65.9 Å². The second kappa shape index (κ2) is 8.84. The number of aliphatic imine (C=N–C) groups is 1. The van der Waals surface area contributed by atoms with Crippen LogP contribution in [0.1, 0.15) is 18.4 Å². The molecule has 1 heterocycles. The van der Waals surface area contributed by atoms with Crippen molar-refractivity contribution in [3.8, 4) is 0 Å². The highest BCUT2D eigenvalue weighted by atomic mass is 19.1. The molecule has 1 aromatic carbocycles. The van der Waals surface area contributed by atoms with E-state index in [9.17, 15) is 9.50 Å². The quantitative estimate of drug-likeness (QED) is 0.523. The average Bonchev–Trinajstić information content (AvgIpc) is 3.00. The predicted octanol–water partition coefficient (Wildman–Crippen LogP) is 1.32. The van der Waals surface area contributed by atoms with Crippen molar-refractivity contribution in [1.29, 1.82) is 0 Å². The minimum Gasteiger partial charge on any atom is -0.396 e. The maximum Gasteiger partial charge on any atom is 0.191 e. The van der Waals surface area contributed by atoms with E-state index in [-0.39, 0.29) is 17.8 Å². The number of rotatable bonds is 7. The molecule has 0 bridgehead atoms. The number of guanidine groups is 1. The van der Waals surface area contributed by atoms with Gasteiger partial charge in [-0.2, -0.15) is 0 Å². The van der Waals surface area contributed by atoms with E-state index in [1.807, 2.05) is 6.07 Å². The molecule has 128 valence electrons. The van der Waals surface area contributed by atoms with Gasteiger partial charge in [-0.1, -0.05) is 12.1 Å². The van der Waals surface area contributed by atoms with Gasteiger partial charge in [0.05, 0.1) is 6.61 Å². The summed E-state index contributed by atoms with van der Waals surface area (Å²) in [6.45, 7) is 2.96. The Morgan fingerprint density at radius 3 is 2.96 bits per heavy atom. The van der Waals surface area contributed by atoms with E-state index in [1.165, 1.54) is 6.07 Å². The van der Waals surface area contributed by atoms with Crippen LogP contribution in [0, 0.1) is 11.2 Å². The van der Waals surface area contributed by atoms with Gasteiger partial charge in [0.15, 0.2) is 5.96 Å². The number of halogens is 1. The second-order valence-electron chi connectivity index (χ2n) is 6.01. The molecular weight excluding hydrogens is 297 g/mol. The Hall–Kier alpha value is -1.66. The van der Waals surface area contributed by atoms with Gasteiger partial charge in [-0.05, 0) is 37.0 Å². The van der Waals surface area contributed by atoms with Crippen molar-refractivity contribution in [2.24, 2.45) is 10.4 Å². The number of aliphatic hydroxyl groups excluding tert-OH is 1. The Balaban J connectivity index is 1.77. The van der Waals surface area contributed by atoms with Crippen LogP contribution < -0.4 is 10.6 Å². The van der Waals surface area contributed by atoms with E-state index in [0.29, 0.717) is 25.7 Å². The molecule has 0 radical (unpaired) electrons. The van der Waals surface area contributed by atoms with Gasteiger partial charge in [0.25, 0.3) is 0 Å². The zero-order chi connectivity index (χ0) is 16.5. The van der Waals surface area contributed by atoms with Crippen molar-refractivity contribution in [3.63, 3.8) is 0 Å². The van der Waals surface area contributed by atoms with Gasteiger partial charge >= 0.3 is 0 Å². The minimum absolute atomic E-state index is 0.0189. The molecule has 1 aromatic rings. The number of nitrogens with zero attached hydrogens (tertiary/aromatic N) is 1. The molecule has 0 aliphatic carbocycles. The lowest BCUT2D eigenvalue weighted by atomic mass is 9.84. The summed E-state index contributed by atoms with van der Waals surface area (Å²) in [6, 6.07) is 6.62. The highest BCUT2D eigenvalue weighted by Crippen LogP contribution is 2.31. The van der Waals surface area contributed by atoms with Crippen LogP contribution in [-0.2, 0) is 11.2 Å². The highest BCUT2D eigenvalue weighted by molar-refractivity contribution is 5.79. The SMILES string of the molecule is CN=C(NCCc1cccc(F)c1)NCC1(CCO)CCOC1. The van der Waals surface area contributed by atoms with Gasteiger partial charge in [-0.15, -0.1) is 0 Å². The van der Waals surface area contributed by atoms with Gasteiger partial charge in [0.2, 0.25) is 0 Å². The maximum atomic E-state index is 13.1. The molecule has 1 saturated heterocycles. The Bertz CT molecular complexity index is 516. The number of hydrogen-bond donors (Lipinski definition) is 3. The molecule has 1 fully saturated rings. The van der Waals surface area contributed by atoms with Crippen LogP contribution in [0.5, 0.6) is 0 Å². The van der Waals surface area contributed by atoms with E-state index in [2.05, 4.69) is 15.6 Å². The first-order valence-corrected chi connectivity index (χ1v) is 8.05. The molecule has 0 aromatic heterocycles. The smallest absolute Gasteiger partial charge is 0.191 e. The molecule has 0 saturated carbocycles. The summed E-state index contributed by atoms with van der Waals surface area (Å²) in [5.74, 6) is 0.503. The Morgan fingerprint density at radius 1 is 1.43 bits per heavy atom. The molecule has 2 rings (SSSR count). The fraction of sp³-hybridized carbons (Fsp3) is 0.588. The van der Waals surface area contributed by atoms with E-state index < -0.39 is 0 Å². The molecule has 5 nitrogen and oxygen atoms in total. The molecule has 0 amide bonds. The summed E-state index contributed by atoms with van der Waals surface area (Å²) in [5.41, 5.74) is 0.934. The first kappa shape index (κ1) is 17.7.